The lowest BCUT2D eigenvalue weighted by Crippen LogP contribution is -2.19. The van der Waals surface area contributed by atoms with E-state index in [1.807, 2.05) is 13.8 Å². The topological polar surface area (TPSA) is 78.9 Å². The van der Waals surface area contributed by atoms with Gasteiger partial charge in [0.1, 0.15) is 19.3 Å². The third-order valence-electron chi connectivity index (χ3n) is 2.35. The molecule has 0 aromatic heterocycles. The van der Waals surface area contributed by atoms with Gasteiger partial charge >= 0.3 is 17.9 Å². The maximum Gasteiger partial charge on any atom is 0.333 e. The lowest BCUT2D eigenvalue weighted by atomic mass is 10.3. The lowest BCUT2D eigenvalue weighted by molar-refractivity contribution is -0.152. The first-order valence-electron chi connectivity index (χ1n) is 7.12. The van der Waals surface area contributed by atoms with Gasteiger partial charge in [-0.15, -0.1) is 0 Å². The van der Waals surface area contributed by atoms with Gasteiger partial charge in [-0.3, -0.25) is 9.59 Å². The normalized spacial score (nSPS) is 11.4. The molecule has 0 aliphatic rings. The fraction of sp³-hybridized carbons (Fsp3) is 0.667. The fourth-order valence-electron chi connectivity index (χ4n) is 1.27. The van der Waals surface area contributed by atoms with Gasteiger partial charge in [0, 0.05) is 11.3 Å². The van der Waals surface area contributed by atoms with Crippen molar-refractivity contribution in [2.24, 2.45) is 0 Å². The molecule has 1 unspecified atom stereocenters. The first kappa shape index (κ1) is 20.5. The highest BCUT2D eigenvalue weighted by Gasteiger charge is 2.11. The molecule has 0 rings (SSSR count). The number of hydrogen-bond donors (Lipinski definition) is 0. The van der Waals surface area contributed by atoms with Gasteiger partial charge in [-0.25, -0.2) is 4.79 Å². The summed E-state index contributed by atoms with van der Waals surface area (Å²) in [4.78, 5) is 33.9. The first-order chi connectivity index (χ1) is 10.4. The van der Waals surface area contributed by atoms with Crippen molar-refractivity contribution in [2.75, 3.05) is 24.7 Å². The zero-order valence-corrected chi connectivity index (χ0v) is 14.2. The van der Waals surface area contributed by atoms with E-state index >= 15 is 0 Å². The molecule has 0 bridgehead atoms. The molecule has 0 aromatic carbocycles. The van der Waals surface area contributed by atoms with Gasteiger partial charge in [0.2, 0.25) is 0 Å². The average Bonchev–Trinajstić information content (AvgIpc) is 2.44. The number of thioether (sulfide) groups is 1. The van der Waals surface area contributed by atoms with Crippen LogP contribution in [0.1, 0.15) is 33.6 Å². The Kier molecular flexibility index (Phi) is 11.3. The van der Waals surface area contributed by atoms with Crippen LogP contribution in [0.5, 0.6) is 0 Å². The number of carbonyl (C=O) groups excluding carboxylic acids is 3. The van der Waals surface area contributed by atoms with Crippen molar-refractivity contribution in [3.8, 4) is 0 Å². The largest absolute Gasteiger partial charge is 0.465 e. The lowest BCUT2D eigenvalue weighted by Gasteiger charge is -2.12. The molecule has 0 aromatic rings. The van der Waals surface area contributed by atoms with Gasteiger partial charge in [0.15, 0.2) is 0 Å². The molecule has 6 nitrogen and oxygen atoms in total. The molecule has 1 atom stereocenters. The summed E-state index contributed by atoms with van der Waals surface area (Å²) in [6, 6.07) is 0. The minimum atomic E-state index is -0.546. The summed E-state index contributed by atoms with van der Waals surface area (Å²) in [5, 5.41) is 0. The van der Waals surface area contributed by atoms with Gasteiger partial charge in [0.05, 0.1) is 12.8 Å². The molecule has 7 heteroatoms. The van der Waals surface area contributed by atoms with Crippen molar-refractivity contribution in [1.82, 2.24) is 0 Å². The number of hydrogen-bond acceptors (Lipinski definition) is 7. The number of ether oxygens (including phenoxy) is 3. The fourth-order valence-corrected chi connectivity index (χ4v) is 1.91. The maximum absolute atomic E-state index is 11.5. The zero-order chi connectivity index (χ0) is 17.0. The highest BCUT2D eigenvalue weighted by Crippen LogP contribution is 2.05. The summed E-state index contributed by atoms with van der Waals surface area (Å²) in [6.07, 6.45) is -0.203. The van der Waals surface area contributed by atoms with Crippen LogP contribution in [-0.2, 0) is 28.6 Å². The van der Waals surface area contributed by atoms with E-state index in [9.17, 15) is 14.4 Å². The molecule has 0 aliphatic heterocycles. The van der Waals surface area contributed by atoms with E-state index in [4.69, 9.17) is 14.2 Å². The van der Waals surface area contributed by atoms with Crippen LogP contribution < -0.4 is 0 Å². The summed E-state index contributed by atoms with van der Waals surface area (Å²) in [5.74, 6) is 0.240. The van der Waals surface area contributed by atoms with Crippen molar-refractivity contribution in [3.05, 3.63) is 12.2 Å². The molecule has 22 heavy (non-hydrogen) atoms. The Labute approximate surface area is 135 Å². The summed E-state index contributed by atoms with van der Waals surface area (Å²) in [5.41, 5.74) is 0.270. The van der Waals surface area contributed by atoms with E-state index < -0.39 is 17.9 Å². The third-order valence-corrected chi connectivity index (χ3v) is 3.46. The Hall–Kier alpha value is -1.50. The third kappa shape index (κ3) is 11.2. The Morgan fingerprint density at radius 3 is 2.27 bits per heavy atom. The maximum atomic E-state index is 11.5. The van der Waals surface area contributed by atoms with Crippen LogP contribution >= 0.6 is 11.8 Å². The molecule has 126 valence electrons. The molecule has 0 spiro atoms. The van der Waals surface area contributed by atoms with Crippen LogP contribution in [0.15, 0.2) is 12.2 Å². The van der Waals surface area contributed by atoms with Crippen LogP contribution in [0.3, 0.4) is 0 Å². The average molecular weight is 332 g/mol. The molecular formula is C15H24O6S. The van der Waals surface area contributed by atoms with Crippen LogP contribution in [-0.4, -0.2) is 48.7 Å². The molecule has 0 heterocycles. The predicted molar refractivity (Wildman–Crippen MR) is 84.5 cm³/mol. The van der Waals surface area contributed by atoms with E-state index in [0.717, 1.165) is 11.5 Å². The van der Waals surface area contributed by atoms with Crippen LogP contribution in [0, 0.1) is 0 Å². The number of rotatable bonds is 11. The Morgan fingerprint density at radius 1 is 1.09 bits per heavy atom. The second kappa shape index (κ2) is 12.1. The van der Waals surface area contributed by atoms with E-state index in [-0.39, 0.29) is 37.7 Å². The molecule has 0 N–H and O–H groups in total. The van der Waals surface area contributed by atoms with Crippen molar-refractivity contribution in [2.45, 2.75) is 39.7 Å². The summed E-state index contributed by atoms with van der Waals surface area (Å²) >= 11 is 1.69. The number of carbonyl (C=O) groups is 3. The highest BCUT2D eigenvalue weighted by atomic mass is 32.2. The molecule has 0 amide bonds. The van der Waals surface area contributed by atoms with Crippen LogP contribution in [0.25, 0.3) is 0 Å². The second-order valence-corrected chi connectivity index (χ2v) is 5.92. The monoisotopic (exact) mass is 332 g/mol. The van der Waals surface area contributed by atoms with E-state index in [2.05, 4.69) is 6.58 Å². The number of esters is 3. The second-order valence-electron chi connectivity index (χ2n) is 4.60. The standard InChI is InChI=1S/C15H24O6S/c1-5-22-10-12(4)21-14(17)7-8-19-13(16)6-9-20-15(18)11(2)3/h12H,2,5-10H2,1,3-4H3. The van der Waals surface area contributed by atoms with Gasteiger partial charge in [-0.05, 0) is 19.6 Å². The van der Waals surface area contributed by atoms with Crippen molar-refractivity contribution < 1.29 is 28.6 Å². The Balaban J connectivity index is 3.68. The van der Waals surface area contributed by atoms with Gasteiger partial charge in [-0.2, -0.15) is 11.8 Å². The smallest absolute Gasteiger partial charge is 0.333 e. The SMILES string of the molecule is C=C(C)C(=O)OCCC(=O)OCCC(=O)OC(C)CSCC. The van der Waals surface area contributed by atoms with Crippen LogP contribution in [0.2, 0.25) is 0 Å². The minimum Gasteiger partial charge on any atom is -0.465 e. The van der Waals surface area contributed by atoms with Gasteiger partial charge in [-0.1, -0.05) is 13.5 Å². The summed E-state index contributed by atoms with van der Waals surface area (Å²) in [6.45, 7) is 8.69. The Bertz CT molecular complexity index is 393. The molecule has 0 fully saturated rings. The first-order valence-corrected chi connectivity index (χ1v) is 8.27. The molecule has 0 radical (unpaired) electrons. The minimum absolute atomic E-state index is 0.0123. The van der Waals surface area contributed by atoms with Crippen LogP contribution in [0.4, 0.5) is 0 Å². The van der Waals surface area contributed by atoms with Crippen molar-refractivity contribution in [1.29, 1.82) is 0 Å². The molecular weight excluding hydrogens is 308 g/mol. The molecule has 0 saturated heterocycles. The van der Waals surface area contributed by atoms with Crippen molar-refractivity contribution in [3.63, 3.8) is 0 Å². The quantitative estimate of drug-likeness (QED) is 0.326. The van der Waals surface area contributed by atoms with Crippen molar-refractivity contribution >= 4 is 29.7 Å². The van der Waals surface area contributed by atoms with E-state index in [1.54, 1.807) is 11.8 Å². The van der Waals surface area contributed by atoms with Gasteiger partial charge in [0.25, 0.3) is 0 Å². The summed E-state index contributed by atoms with van der Waals surface area (Å²) in [7, 11) is 0. The summed E-state index contributed by atoms with van der Waals surface area (Å²) < 4.78 is 14.8. The van der Waals surface area contributed by atoms with Gasteiger partial charge < -0.3 is 14.2 Å². The van der Waals surface area contributed by atoms with E-state index in [1.165, 1.54) is 6.92 Å². The van der Waals surface area contributed by atoms with E-state index in [0.29, 0.717) is 0 Å². The zero-order valence-electron chi connectivity index (χ0n) is 13.4. The molecule has 0 saturated carbocycles. The molecule has 0 aliphatic carbocycles. The predicted octanol–water partition coefficient (Wildman–Crippen LogP) is 2.11. The Morgan fingerprint density at radius 2 is 1.68 bits per heavy atom. The highest BCUT2D eigenvalue weighted by molar-refractivity contribution is 7.99.